The summed E-state index contributed by atoms with van der Waals surface area (Å²) >= 11 is 6.07. The van der Waals surface area contributed by atoms with Crippen LogP contribution in [0.25, 0.3) is 0 Å². The van der Waals surface area contributed by atoms with Gasteiger partial charge >= 0.3 is 0 Å². The van der Waals surface area contributed by atoms with Crippen LogP contribution in [0.15, 0.2) is 54.6 Å². The number of halogens is 1. The van der Waals surface area contributed by atoms with Crippen LogP contribution in [-0.2, 0) is 4.79 Å². The third kappa shape index (κ3) is 4.25. The van der Waals surface area contributed by atoms with E-state index in [-0.39, 0.29) is 11.9 Å². The predicted octanol–water partition coefficient (Wildman–Crippen LogP) is 4.37. The van der Waals surface area contributed by atoms with E-state index in [4.69, 9.17) is 16.3 Å². The van der Waals surface area contributed by atoms with Crippen molar-refractivity contribution < 1.29 is 9.53 Å². The molecule has 2 atom stereocenters. The summed E-state index contributed by atoms with van der Waals surface area (Å²) in [7, 11) is 0. The first-order valence-electron chi connectivity index (χ1n) is 7.38. The molecule has 0 unspecified atom stereocenters. The second-order valence-electron chi connectivity index (χ2n) is 5.09. The fourth-order valence-electron chi connectivity index (χ4n) is 2.15. The van der Waals surface area contributed by atoms with Crippen molar-refractivity contribution in [3.8, 4) is 5.75 Å². The van der Waals surface area contributed by atoms with E-state index in [1.165, 1.54) is 0 Å². The molecule has 1 N–H and O–H groups in total. The average molecular weight is 318 g/mol. The second kappa shape index (κ2) is 7.85. The van der Waals surface area contributed by atoms with Crippen molar-refractivity contribution in [1.82, 2.24) is 5.32 Å². The van der Waals surface area contributed by atoms with Crippen LogP contribution in [0.4, 0.5) is 0 Å². The molecule has 0 saturated heterocycles. The Labute approximate surface area is 136 Å². The minimum atomic E-state index is -0.564. The topological polar surface area (TPSA) is 38.3 Å². The molecule has 2 aromatic rings. The molecule has 0 aliphatic heterocycles. The van der Waals surface area contributed by atoms with Gasteiger partial charge in [0.25, 0.3) is 5.91 Å². The Bertz CT molecular complexity index is 615. The Morgan fingerprint density at radius 2 is 1.77 bits per heavy atom. The largest absolute Gasteiger partial charge is 0.479 e. The highest BCUT2D eigenvalue weighted by atomic mass is 35.5. The van der Waals surface area contributed by atoms with E-state index < -0.39 is 6.10 Å². The number of carbonyl (C=O) groups is 1. The summed E-state index contributed by atoms with van der Waals surface area (Å²) in [6, 6.07) is 16.9. The number of benzene rings is 2. The number of hydrogen-bond donors (Lipinski definition) is 1. The van der Waals surface area contributed by atoms with Crippen LogP contribution in [0, 0.1) is 0 Å². The highest BCUT2D eigenvalue weighted by Gasteiger charge is 2.21. The minimum Gasteiger partial charge on any atom is -0.479 e. The van der Waals surface area contributed by atoms with Crippen LogP contribution in [0.1, 0.15) is 31.9 Å². The van der Waals surface area contributed by atoms with Gasteiger partial charge < -0.3 is 10.1 Å². The highest BCUT2D eigenvalue weighted by Crippen LogP contribution is 2.25. The van der Waals surface area contributed by atoms with Crippen molar-refractivity contribution in [2.45, 2.75) is 32.4 Å². The molecule has 0 bridgehead atoms. The molecular weight excluding hydrogens is 298 g/mol. The van der Waals surface area contributed by atoms with Gasteiger partial charge in [0.2, 0.25) is 0 Å². The minimum absolute atomic E-state index is 0.0717. The molecule has 0 aromatic heterocycles. The third-order valence-corrected chi connectivity index (χ3v) is 3.74. The average Bonchev–Trinajstić information content (AvgIpc) is 2.54. The number of nitrogens with one attached hydrogen (secondary N) is 1. The van der Waals surface area contributed by atoms with Gasteiger partial charge in [0.15, 0.2) is 6.10 Å². The molecule has 2 rings (SSSR count). The van der Waals surface area contributed by atoms with E-state index in [0.717, 1.165) is 5.56 Å². The van der Waals surface area contributed by atoms with E-state index in [2.05, 4.69) is 5.32 Å². The van der Waals surface area contributed by atoms with Gasteiger partial charge in [-0.15, -0.1) is 0 Å². The summed E-state index contributed by atoms with van der Waals surface area (Å²) in [5.74, 6) is 0.386. The molecule has 0 heterocycles. The fourth-order valence-corrected chi connectivity index (χ4v) is 2.33. The lowest BCUT2D eigenvalue weighted by Gasteiger charge is -2.21. The zero-order valence-corrected chi connectivity index (χ0v) is 13.5. The van der Waals surface area contributed by atoms with E-state index in [1.54, 1.807) is 12.1 Å². The van der Waals surface area contributed by atoms with Gasteiger partial charge in [0.1, 0.15) is 5.75 Å². The molecular formula is C18H20ClNO2. The van der Waals surface area contributed by atoms with Gasteiger partial charge in [-0.05, 0) is 31.0 Å². The number of para-hydroxylation sites is 1. The van der Waals surface area contributed by atoms with E-state index >= 15 is 0 Å². The van der Waals surface area contributed by atoms with Gasteiger partial charge in [-0.3, -0.25) is 4.79 Å². The SMILES string of the molecule is CC[C@H](Oc1ccccc1Cl)C(=O)N[C@H](C)c1ccccc1. The maximum atomic E-state index is 12.4. The highest BCUT2D eigenvalue weighted by molar-refractivity contribution is 6.32. The molecule has 3 nitrogen and oxygen atoms in total. The predicted molar refractivity (Wildman–Crippen MR) is 89.2 cm³/mol. The Balaban J connectivity index is 2.02. The summed E-state index contributed by atoms with van der Waals surface area (Å²) in [6.45, 7) is 3.86. The van der Waals surface area contributed by atoms with Crippen molar-refractivity contribution in [1.29, 1.82) is 0 Å². The van der Waals surface area contributed by atoms with Crippen molar-refractivity contribution in [2.24, 2.45) is 0 Å². The normalized spacial score (nSPS) is 13.2. The molecule has 0 aliphatic rings. The maximum absolute atomic E-state index is 12.4. The van der Waals surface area contributed by atoms with Crippen molar-refractivity contribution in [3.63, 3.8) is 0 Å². The Morgan fingerprint density at radius 3 is 2.41 bits per heavy atom. The van der Waals surface area contributed by atoms with Crippen LogP contribution in [-0.4, -0.2) is 12.0 Å². The van der Waals surface area contributed by atoms with E-state index in [1.807, 2.05) is 56.3 Å². The molecule has 2 aromatic carbocycles. The number of ether oxygens (including phenoxy) is 1. The van der Waals surface area contributed by atoms with Crippen LogP contribution in [0.5, 0.6) is 5.75 Å². The summed E-state index contributed by atoms with van der Waals surface area (Å²) in [5, 5.41) is 3.48. The third-order valence-electron chi connectivity index (χ3n) is 3.43. The lowest BCUT2D eigenvalue weighted by molar-refractivity contribution is -0.128. The van der Waals surface area contributed by atoms with Crippen LogP contribution in [0.3, 0.4) is 0 Å². The van der Waals surface area contributed by atoms with Gasteiger partial charge in [-0.2, -0.15) is 0 Å². The second-order valence-corrected chi connectivity index (χ2v) is 5.49. The van der Waals surface area contributed by atoms with Crippen LogP contribution >= 0.6 is 11.6 Å². The Kier molecular flexibility index (Phi) is 5.84. The smallest absolute Gasteiger partial charge is 0.261 e. The van der Waals surface area contributed by atoms with Gasteiger partial charge in [0, 0.05) is 0 Å². The Morgan fingerprint density at radius 1 is 1.14 bits per heavy atom. The van der Waals surface area contributed by atoms with Gasteiger partial charge in [-0.25, -0.2) is 0 Å². The van der Waals surface area contributed by atoms with Crippen molar-refractivity contribution in [3.05, 3.63) is 65.2 Å². The van der Waals surface area contributed by atoms with Crippen LogP contribution < -0.4 is 10.1 Å². The molecule has 0 aliphatic carbocycles. The van der Waals surface area contributed by atoms with E-state index in [9.17, 15) is 4.79 Å². The fraction of sp³-hybridized carbons (Fsp3) is 0.278. The number of hydrogen-bond acceptors (Lipinski definition) is 2. The first kappa shape index (κ1) is 16.4. The first-order chi connectivity index (χ1) is 10.6. The lowest BCUT2D eigenvalue weighted by atomic mass is 10.1. The van der Waals surface area contributed by atoms with Crippen molar-refractivity contribution in [2.75, 3.05) is 0 Å². The summed E-state index contributed by atoms with van der Waals surface area (Å²) in [4.78, 5) is 12.4. The molecule has 4 heteroatoms. The summed E-state index contributed by atoms with van der Waals surface area (Å²) in [6.07, 6.45) is 0.00419. The zero-order valence-electron chi connectivity index (χ0n) is 12.8. The van der Waals surface area contributed by atoms with Gasteiger partial charge in [-0.1, -0.05) is 61.0 Å². The van der Waals surface area contributed by atoms with Crippen molar-refractivity contribution >= 4 is 17.5 Å². The molecule has 0 radical (unpaired) electrons. The lowest BCUT2D eigenvalue weighted by Crippen LogP contribution is -2.39. The summed E-state index contributed by atoms with van der Waals surface area (Å²) in [5.41, 5.74) is 1.06. The first-order valence-corrected chi connectivity index (χ1v) is 7.76. The van der Waals surface area contributed by atoms with E-state index in [0.29, 0.717) is 17.2 Å². The quantitative estimate of drug-likeness (QED) is 0.859. The molecule has 116 valence electrons. The monoisotopic (exact) mass is 317 g/mol. The number of carbonyl (C=O) groups excluding carboxylic acids is 1. The standard InChI is InChI=1S/C18H20ClNO2/c1-3-16(22-17-12-8-7-11-15(17)19)18(21)20-13(2)14-9-5-4-6-10-14/h4-13,16H,3H2,1-2H3,(H,20,21)/t13-,16+/m1/s1. The summed E-state index contributed by atoms with van der Waals surface area (Å²) < 4.78 is 5.75. The number of amides is 1. The zero-order chi connectivity index (χ0) is 15.9. The molecule has 0 fully saturated rings. The molecule has 22 heavy (non-hydrogen) atoms. The Hall–Kier alpha value is -2.00. The maximum Gasteiger partial charge on any atom is 0.261 e. The molecule has 1 amide bonds. The number of rotatable bonds is 6. The van der Waals surface area contributed by atoms with Crippen LogP contribution in [0.2, 0.25) is 5.02 Å². The molecule has 0 spiro atoms. The van der Waals surface area contributed by atoms with Gasteiger partial charge in [0.05, 0.1) is 11.1 Å². The molecule has 0 saturated carbocycles.